The minimum Gasteiger partial charge on any atom is -0.462 e. The van der Waals surface area contributed by atoms with Crippen LogP contribution in [0.2, 0.25) is 0 Å². The van der Waals surface area contributed by atoms with Gasteiger partial charge in [-0.05, 0) is 52.7 Å². The van der Waals surface area contributed by atoms with Crippen LogP contribution in [0.25, 0.3) is 0 Å². The van der Waals surface area contributed by atoms with Crippen LogP contribution in [0.3, 0.4) is 0 Å². The van der Waals surface area contributed by atoms with E-state index in [1.54, 1.807) is 0 Å². The van der Waals surface area contributed by atoms with Gasteiger partial charge in [0.05, 0.1) is 5.92 Å². The van der Waals surface area contributed by atoms with Crippen molar-refractivity contribution >= 4 is 11.9 Å². The average Bonchev–Trinajstić information content (AvgIpc) is 2.95. The lowest BCUT2D eigenvalue weighted by Crippen LogP contribution is -2.28. The highest BCUT2D eigenvalue weighted by atomic mass is 16.6. The molecule has 0 N–H and O–H groups in total. The topological polar surface area (TPSA) is 55.8 Å². The molecule has 0 fully saturated rings. The highest BCUT2D eigenvalue weighted by Crippen LogP contribution is 2.22. The van der Waals surface area contributed by atoms with Gasteiger partial charge in [0, 0.05) is 6.42 Å². The molecule has 0 aliphatic rings. The molecule has 0 saturated heterocycles. The lowest BCUT2D eigenvalue weighted by Gasteiger charge is -2.21. The Labute approximate surface area is 256 Å². The average molecular weight is 582 g/mol. The van der Waals surface area contributed by atoms with Crippen molar-refractivity contribution in [2.24, 2.45) is 5.92 Å². The summed E-state index contributed by atoms with van der Waals surface area (Å²) in [4.78, 5) is 27.9. The Hall–Kier alpha value is -1.10. The SMILES string of the molecule is CCCCCCCCCC(CCCCCCCCC)C(=O)OCC(CCCCCCCC)OC(=O)CCCN(C)C. The summed E-state index contributed by atoms with van der Waals surface area (Å²) in [6.07, 6.45) is 28.3. The molecule has 244 valence electrons. The van der Waals surface area contributed by atoms with Gasteiger partial charge in [-0.1, -0.05) is 143 Å². The van der Waals surface area contributed by atoms with E-state index in [9.17, 15) is 9.59 Å². The summed E-state index contributed by atoms with van der Waals surface area (Å²) in [6.45, 7) is 7.81. The first-order valence-electron chi connectivity index (χ1n) is 17.9. The van der Waals surface area contributed by atoms with E-state index in [1.165, 1.54) is 103 Å². The second-order valence-corrected chi connectivity index (χ2v) is 12.7. The molecule has 0 aliphatic heterocycles. The third-order valence-electron chi connectivity index (χ3n) is 8.22. The maximum absolute atomic E-state index is 13.3. The van der Waals surface area contributed by atoms with Gasteiger partial charge in [0.15, 0.2) is 0 Å². The monoisotopic (exact) mass is 582 g/mol. The van der Waals surface area contributed by atoms with E-state index in [2.05, 4.69) is 25.7 Å². The standard InChI is InChI=1S/C36H71NO4/c1-6-9-12-15-18-20-23-27-33(28-24-21-19-16-13-10-7-2)36(39)40-32-34(29-25-22-17-14-11-8-3)41-35(38)30-26-31-37(4)5/h33-34H,6-32H2,1-5H3. The zero-order chi connectivity index (χ0) is 30.4. The van der Waals surface area contributed by atoms with Gasteiger partial charge in [0.25, 0.3) is 0 Å². The van der Waals surface area contributed by atoms with Crippen LogP contribution in [0.5, 0.6) is 0 Å². The first kappa shape index (κ1) is 39.9. The molecule has 5 heteroatoms. The van der Waals surface area contributed by atoms with Crippen LogP contribution in [0, 0.1) is 5.92 Å². The number of nitrogens with zero attached hydrogens (tertiary/aromatic N) is 1. The molecule has 0 bridgehead atoms. The predicted octanol–water partition coefficient (Wildman–Crippen LogP) is 10.4. The Bertz CT molecular complexity index is 562. The molecule has 0 amide bonds. The zero-order valence-corrected chi connectivity index (χ0v) is 28.3. The predicted molar refractivity (Wildman–Crippen MR) is 175 cm³/mol. The summed E-state index contributed by atoms with van der Waals surface area (Å²) in [5.41, 5.74) is 0. The zero-order valence-electron chi connectivity index (χ0n) is 28.3. The number of esters is 2. The third kappa shape index (κ3) is 27.5. The van der Waals surface area contributed by atoms with Crippen molar-refractivity contribution in [3.63, 3.8) is 0 Å². The quantitative estimate of drug-likeness (QED) is 0.0602. The highest BCUT2D eigenvalue weighted by Gasteiger charge is 2.22. The van der Waals surface area contributed by atoms with Crippen molar-refractivity contribution in [2.45, 2.75) is 187 Å². The van der Waals surface area contributed by atoms with E-state index in [0.29, 0.717) is 6.42 Å². The van der Waals surface area contributed by atoms with Crippen molar-refractivity contribution < 1.29 is 19.1 Å². The first-order chi connectivity index (χ1) is 19.9. The van der Waals surface area contributed by atoms with Gasteiger partial charge < -0.3 is 14.4 Å². The lowest BCUT2D eigenvalue weighted by molar-refractivity contribution is -0.162. The van der Waals surface area contributed by atoms with E-state index in [0.717, 1.165) is 57.9 Å². The van der Waals surface area contributed by atoms with E-state index >= 15 is 0 Å². The molecule has 0 spiro atoms. The Morgan fingerprint density at radius 2 is 0.976 bits per heavy atom. The number of hydrogen-bond donors (Lipinski definition) is 0. The van der Waals surface area contributed by atoms with E-state index < -0.39 is 0 Å². The molecule has 0 radical (unpaired) electrons. The van der Waals surface area contributed by atoms with Crippen LogP contribution in [0.4, 0.5) is 0 Å². The number of unbranched alkanes of at least 4 members (excludes halogenated alkanes) is 17. The summed E-state index contributed by atoms with van der Waals surface area (Å²) in [5, 5.41) is 0. The van der Waals surface area contributed by atoms with Crippen molar-refractivity contribution in [3.8, 4) is 0 Å². The molecule has 1 unspecified atom stereocenters. The van der Waals surface area contributed by atoms with E-state index in [4.69, 9.17) is 9.47 Å². The molecule has 0 saturated carbocycles. The third-order valence-corrected chi connectivity index (χ3v) is 8.22. The molecule has 0 rings (SSSR count). The fraction of sp³-hybridized carbons (Fsp3) is 0.944. The number of rotatable bonds is 31. The first-order valence-corrected chi connectivity index (χ1v) is 17.9. The van der Waals surface area contributed by atoms with Crippen molar-refractivity contribution in [1.29, 1.82) is 0 Å². The molecule has 1 atom stereocenters. The molecule has 5 nitrogen and oxygen atoms in total. The minimum atomic E-state index is -0.324. The van der Waals surface area contributed by atoms with Crippen LogP contribution in [-0.4, -0.2) is 50.2 Å². The Balaban J connectivity index is 4.83. The maximum Gasteiger partial charge on any atom is 0.309 e. The van der Waals surface area contributed by atoms with Gasteiger partial charge in [0.1, 0.15) is 12.7 Å². The molecular weight excluding hydrogens is 510 g/mol. The minimum absolute atomic E-state index is 0.0215. The van der Waals surface area contributed by atoms with Gasteiger partial charge in [0.2, 0.25) is 0 Å². The van der Waals surface area contributed by atoms with Gasteiger partial charge >= 0.3 is 11.9 Å². The Morgan fingerprint density at radius 3 is 1.41 bits per heavy atom. The summed E-state index contributed by atoms with van der Waals surface area (Å²) >= 11 is 0. The number of hydrogen-bond acceptors (Lipinski definition) is 5. The molecule has 0 aromatic carbocycles. The lowest BCUT2D eigenvalue weighted by atomic mass is 9.94. The number of carbonyl (C=O) groups is 2. The van der Waals surface area contributed by atoms with Gasteiger partial charge in [-0.25, -0.2) is 0 Å². The fourth-order valence-corrected chi connectivity index (χ4v) is 5.48. The molecule has 0 aromatic rings. The molecule has 0 aliphatic carbocycles. The summed E-state index contributed by atoms with van der Waals surface area (Å²) in [7, 11) is 4.03. The highest BCUT2D eigenvalue weighted by molar-refractivity contribution is 5.72. The fourth-order valence-electron chi connectivity index (χ4n) is 5.48. The van der Waals surface area contributed by atoms with Crippen molar-refractivity contribution in [3.05, 3.63) is 0 Å². The number of carbonyl (C=O) groups excluding carboxylic acids is 2. The summed E-state index contributed by atoms with van der Waals surface area (Å²) < 4.78 is 11.7. The van der Waals surface area contributed by atoms with Crippen LogP contribution in [0.1, 0.15) is 181 Å². The smallest absolute Gasteiger partial charge is 0.309 e. The number of ether oxygens (including phenoxy) is 2. The van der Waals surface area contributed by atoms with Crippen LogP contribution < -0.4 is 0 Å². The van der Waals surface area contributed by atoms with Crippen molar-refractivity contribution in [1.82, 2.24) is 4.90 Å². The van der Waals surface area contributed by atoms with Crippen LogP contribution in [0.15, 0.2) is 0 Å². The van der Waals surface area contributed by atoms with Crippen LogP contribution in [-0.2, 0) is 19.1 Å². The summed E-state index contributed by atoms with van der Waals surface area (Å²) in [5.74, 6) is -0.257. The normalized spacial score (nSPS) is 12.3. The second-order valence-electron chi connectivity index (χ2n) is 12.7. The molecule has 0 heterocycles. The van der Waals surface area contributed by atoms with E-state index in [-0.39, 0.29) is 30.6 Å². The second kappa shape index (κ2) is 30.4. The van der Waals surface area contributed by atoms with Gasteiger partial charge in [-0.3, -0.25) is 9.59 Å². The molecular formula is C36H71NO4. The molecule has 41 heavy (non-hydrogen) atoms. The largest absolute Gasteiger partial charge is 0.462 e. The van der Waals surface area contributed by atoms with Crippen molar-refractivity contribution in [2.75, 3.05) is 27.2 Å². The molecule has 0 aromatic heterocycles. The van der Waals surface area contributed by atoms with Gasteiger partial charge in [-0.2, -0.15) is 0 Å². The maximum atomic E-state index is 13.3. The van der Waals surface area contributed by atoms with Crippen LogP contribution >= 0.6 is 0 Å². The Morgan fingerprint density at radius 1 is 0.561 bits per heavy atom. The van der Waals surface area contributed by atoms with Gasteiger partial charge in [-0.15, -0.1) is 0 Å². The summed E-state index contributed by atoms with van der Waals surface area (Å²) in [6, 6.07) is 0. The Kier molecular flexibility index (Phi) is 29.5. The van der Waals surface area contributed by atoms with E-state index in [1.807, 2.05) is 14.1 Å².